The molecule has 2 atom stereocenters. The zero-order chi connectivity index (χ0) is 14.5. The fourth-order valence-electron chi connectivity index (χ4n) is 2.37. The first-order valence-corrected chi connectivity index (χ1v) is 6.73. The molecular weight excluding hydrogens is 258 g/mol. The number of ketones is 1. The summed E-state index contributed by atoms with van der Waals surface area (Å²) in [5, 5.41) is 3.37. The second-order valence-corrected chi connectivity index (χ2v) is 5.00. The molecule has 0 saturated carbocycles. The van der Waals surface area contributed by atoms with E-state index in [0.717, 1.165) is 0 Å². The van der Waals surface area contributed by atoms with E-state index in [0.29, 0.717) is 36.7 Å². The van der Waals surface area contributed by atoms with Crippen molar-refractivity contribution in [2.75, 3.05) is 27.4 Å². The first kappa shape index (κ1) is 14.8. The zero-order valence-corrected chi connectivity index (χ0v) is 12.1. The Bertz CT molecular complexity index is 475. The maximum absolute atomic E-state index is 12.4. The summed E-state index contributed by atoms with van der Waals surface area (Å²) in [4.78, 5) is 12.4. The lowest BCUT2D eigenvalue weighted by molar-refractivity contribution is 0.0463. The number of carbonyl (C=O) groups excluding carboxylic acids is 1. The summed E-state index contributed by atoms with van der Waals surface area (Å²) in [6.07, 6.45) is 0.383. The smallest absolute Gasteiger partial charge is 0.168 e. The van der Waals surface area contributed by atoms with Crippen LogP contribution in [-0.2, 0) is 4.74 Å². The van der Waals surface area contributed by atoms with Gasteiger partial charge >= 0.3 is 0 Å². The van der Waals surface area contributed by atoms with Crippen LogP contribution in [-0.4, -0.2) is 45.3 Å². The van der Waals surface area contributed by atoms with Gasteiger partial charge in [0.25, 0.3) is 0 Å². The first-order valence-electron chi connectivity index (χ1n) is 6.73. The maximum atomic E-state index is 12.4. The second kappa shape index (κ2) is 6.72. The van der Waals surface area contributed by atoms with Crippen LogP contribution in [0.3, 0.4) is 0 Å². The Labute approximate surface area is 119 Å². The van der Waals surface area contributed by atoms with Crippen LogP contribution < -0.4 is 14.8 Å². The van der Waals surface area contributed by atoms with Gasteiger partial charge in [-0.2, -0.15) is 0 Å². The minimum absolute atomic E-state index is 0.0240. The number of ether oxygens (including phenoxy) is 3. The zero-order valence-electron chi connectivity index (χ0n) is 12.1. The van der Waals surface area contributed by atoms with Gasteiger partial charge in [0.1, 0.15) is 11.5 Å². The van der Waals surface area contributed by atoms with Crippen molar-refractivity contribution in [3.8, 4) is 11.5 Å². The number of methoxy groups -OCH3 is 2. The molecule has 1 N–H and O–H groups in total. The molecule has 5 heteroatoms. The number of hydrogen-bond donors (Lipinski definition) is 1. The topological polar surface area (TPSA) is 56.8 Å². The molecule has 2 rings (SSSR count). The molecule has 5 nitrogen and oxygen atoms in total. The van der Waals surface area contributed by atoms with E-state index in [1.165, 1.54) is 0 Å². The van der Waals surface area contributed by atoms with Crippen molar-refractivity contribution in [1.29, 1.82) is 0 Å². The number of nitrogens with one attached hydrogen (secondary N) is 1. The van der Waals surface area contributed by atoms with Crippen LogP contribution in [0.1, 0.15) is 23.7 Å². The molecule has 0 radical (unpaired) electrons. The highest BCUT2D eigenvalue weighted by molar-refractivity contribution is 5.99. The summed E-state index contributed by atoms with van der Waals surface area (Å²) < 4.78 is 15.9. The maximum Gasteiger partial charge on any atom is 0.168 e. The van der Waals surface area contributed by atoms with Crippen molar-refractivity contribution in [3.05, 3.63) is 23.8 Å². The third-order valence-electron chi connectivity index (χ3n) is 3.35. The normalized spacial score (nSPS) is 22.4. The largest absolute Gasteiger partial charge is 0.497 e. The fourth-order valence-corrected chi connectivity index (χ4v) is 2.37. The molecule has 1 aliphatic heterocycles. The highest BCUT2D eigenvalue weighted by atomic mass is 16.5. The van der Waals surface area contributed by atoms with E-state index in [-0.39, 0.29) is 17.9 Å². The minimum atomic E-state index is 0.0240. The molecule has 2 unspecified atom stereocenters. The van der Waals surface area contributed by atoms with E-state index in [9.17, 15) is 4.79 Å². The van der Waals surface area contributed by atoms with Gasteiger partial charge in [-0.15, -0.1) is 0 Å². The van der Waals surface area contributed by atoms with Gasteiger partial charge in [0, 0.05) is 18.5 Å². The van der Waals surface area contributed by atoms with Crippen molar-refractivity contribution in [1.82, 2.24) is 5.32 Å². The van der Waals surface area contributed by atoms with Gasteiger partial charge in [-0.05, 0) is 25.1 Å². The van der Waals surface area contributed by atoms with Gasteiger partial charge in [-0.25, -0.2) is 0 Å². The summed E-state index contributed by atoms with van der Waals surface area (Å²) in [5.74, 6) is 1.24. The third kappa shape index (κ3) is 3.49. The van der Waals surface area contributed by atoms with E-state index < -0.39 is 0 Å². The summed E-state index contributed by atoms with van der Waals surface area (Å²) in [5.41, 5.74) is 0.548. The molecule has 0 aliphatic carbocycles. The number of Topliss-reactive ketones (excluding diaryl/α,β-unsaturated/α-hetero) is 1. The van der Waals surface area contributed by atoms with Gasteiger partial charge in [0.15, 0.2) is 5.78 Å². The summed E-state index contributed by atoms with van der Waals surface area (Å²) in [6, 6.07) is 5.56. The van der Waals surface area contributed by atoms with Gasteiger partial charge in [-0.1, -0.05) is 0 Å². The van der Waals surface area contributed by atoms with Crippen LogP contribution in [0.5, 0.6) is 11.5 Å². The predicted molar refractivity (Wildman–Crippen MR) is 75.7 cm³/mol. The summed E-state index contributed by atoms with van der Waals surface area (Å²) >= 11 is 0. The lowest BCUT2D eigenvalue weighted by Gasteiger charge is -2.28. The van der Waals surface area contributed by atoms with Gasteiger partial charge in [0.05, 0.1) is 33.0 Å². The Balaban J connectivity index is 2.11. The van der Waals surface area contributed by atoms with Crippen molar-refractivity contribution in [2.45, 2.75) is 25.4 Å². The average molecular weight is 279 g/mol. The van der Waals surface area contributed by atoms with E-state index in [1.807, 2.05) is 6.92 Å². The molecule has 0 amide bonds. The highest BCUT2D eigenvalue weighted by Crippen LogP contribution is 2.25. The molecule has 20 heavy (non-hydrogen) atoms. The monoisotopic (exact) mass is 279 g/mol. The Kier molecular flexibility index (Phi) is 4.98. The Morgan fingerprint density at radius 2 is 2.15 bits per heavy atom. The Morgan fingerprint density at radius 1 is 1.35 bits per heavy atom. The van der Waals surface area contributed by atoms with Crippen LogP contribution in [0, 0.1) is 0 Å². The predicted octanol–water partition coefficient (Wildman–Crippen LogP) is 1.65. The molecule has 1 heterocycles. The lowest BCUT2D eigenvalue weighted by atomic mass is 10.0. The Hall–Kier alpha value is -1.59. The lowest BCUT2D eigenvalue weighted by Crippen LogP contribution is -2.48. The molecule has 1 aromatic rings. The van der Waals surface area contributed by atoms with E-state index >= 15 is 0 Å². The SMILES string of the molecule is COc1ccc(OC)c(C(=O)CC2COCC(C)N2)c1. The molecule has 0 aromatic heterocycles. The molecule has 1 aliphatic rings. The molecule has 1 aromatic carbocycles. The highest BCUT2D eigenvalue weighted by Gasteiger charge is 2.23. The van der Waals surface area contributed by atoms with E-state index in [1.54, 1.807) is 32.4 Å². The number of carbonyl (C=O) groups is 1. The van der Waals surface area contributed by atoms with E-state index in [4.69, 9.17) is 14.2 Å². The standard InChI is InChI=1S/C15H21NO4/c1-10-8-20-9-11(16-10)6-14(17)13-7-12(18-2)4-5-15(13)19-3/h4-5,7,10-11,16H,6,8-9H2,1-3H3. The average Bonchev–Trinajstić information content (AvgIpc) is 2.46. The third-order valence-corrected chi connectivity index (χ3v) is 3.35. The number of morpholine rings is 1. The van der Waals surface area contributed by atoms with Crippen LogP contribution in [0.4, 0.5) is 0 Å². The summed E-state index contributed by atoms with van der Waals surface area (Å²) in [6.45, 7) is 3.29. The van der Waals surface area contributed by atoms with Gasteiger partial charge < -0.3 is 19.5 Å². The molecule has 0 spiro atoms. The minimum Gasteiger partial charge on any atom is -0.497 e. The van der Waals surface area contributed by atoms with Crippen molar-refractivity contribution in [3.63, 3.8) is 0 Å². The van der Waals surface area contributed by atoms with Crippen molar-refractivity contribution < 1.29 is 19.0 Å². The van der Waals surface area contributed by atoms with Crippen molar-refractivity contribution in [2.24, 2.45) is 0 Å². The van der Waals surface area contributed by atoms with E-state index in [2.05, 4.69) is 5.32 Å². The van der Waals surface area contributed by atoms with Crippen LogP contribution in [0.15, 0.2) is 18.2 Å². The number of rotatable bonds is 5. The van der Waals surface area contributed by atoms with Crippen LogP contribution >= 0.6 is 0 Å². The van der Waals surface area contributed by atoms with Gasteiger partial charge in [0.2, 0.25) is 0 Å². The first-order chi connectivity index (χ1) is 9.63. The molecule has 1 saturated heterocycles. The number of benzene rings is 1. The summed E-state index contributed by atoms with van der Waals surface area (Å²) in [7, 11) is 3.14. The second-order valence-electron chi connectivity index (χ2n) is 5.00. The van der Waals surface area contributed by atoms with Crippen LogP contribution in [0.2, 0.25) is 0 Å². The Morgan fingerprint density at radius 3 is 2.80 bits per heavy atom. The molecule has 0 bridgehead atoms. The molecule has 110 valence electrons. The fraction of sp³-hybridized carbons (Fsp3) is 0.533. The van der Waals surface area contributed by atoms with Crippen molar-refractivity contribution >= 4 is 5.78 Å². The molecule has 1 fully saturated rings. The van der Waals surface area contributed by atoms with Gasteiger partial charge in [-0.3, -0.25) is 4.79 Å². The molecular formula is C15H21NO4. The number of hydrogen-bond acceptors (Lipinski definition) is 5. The quantitative estimate of drug-likeness (QED) is 0.831. The van der Waals surface area contributed by atoms with Crippen LogP contribution in [0.25, 0.3) is 0 Å².